The smallest absolute Gasteiger partial charge is 0.384 e. The molecule has 0 spiro atoms. The number of nitrogen functional groups attached to an aromatic ring is 1. The van der Waals surface area contributed by atoms with Crippen molar-refractivity contribution in [3.05, 3.63) is 95.7 Å². The van der Waals surface area contributed by atoms with E-state index in [0.29, 0.717) is 22.6 Å². The fraction of sp³-hybridized carbons (Fsp3) is 0.120. The van der Waals surface area contributed by atoms with Gasteiger partial charge in [0.2, 0.25) is 0 Å². The maximum Gasteiger partial charge on any atom is 0.416 e. The van der Waals surface area contributed by atoms with Crippen LogP contribution >= 0.6 is 0 Å². The van der Waals surface area contributed by atoms with Gasteiger partial charge >= 0.3 is 6.18 Å². The summed E-state index contributed by atoms with van der Waals surface area (Å²) in [5.74, 6) is 0.119. The minimum absolute atomic E-state index is 0.261. The number of hydrogen-bond acceptors (Lipinski definition) is 3. The second-order valence-corrected chi connectivity index (χ2v) is 7.50. The second-order valence-electron chi connectivity index (χ2n) is 7.50. The van der Waals surface area contributed by atoms with E-state index in [1.807, 2.05) is 25.1 Å². The fourth-order valence-electron chi connectivity index (χ4n) is 3.58. The molecule has 32 heavy (non-hydrogen) atoms. The number of pyridine rings is 1. The Kier molecular flexibility index (Phi) is 5.57. The molecule has 0 saturated heterocycles. The zero-order valence-corrected chi connectivity index (χ0v) is 17.1. The highest BCUT2D eigenvalue weighted by Crippen LogP contribution is 2.33. The van der Waals surface area contributed by atoms with Gasteiger partial charge in [-0.1, -0.05) is 42.5 Å². The van der Waals surface area contributed by atoms with Gasteiger partial charge in [-0.25, -0.2) is 4.98 Å². The lowest BCUT2D eigenvalue weighted by Gasteiger charge is -2.15. The first-order valence-electron chi connectivity index (χ1n) is 9.96. The number of amides is 1. The number of aromatic nitrogens is 1. The molecule has 0 aliphatic carbocycles. The molecule has 4 nitrogen and oxygen atoms in total. The molecule has 4 aromatic rings. The number of hydrogen-bond donors (Lipinski definition) is 2. The van der Waals surface area contributed by atoms with Crippen LogP contribution in [0.4, 0.5) is 19.0 Å². The van der Waals surface area contributed by atoms with Crippen molar-refractivity contribution >= 4 is 22.5 Å². The maximum atomic E-state index is 12.9. The van der Waals surface area contributed by atoms with Crippen molar-refractivity contribution in [1.29, 1.82) is 0 Å². The van der Waals surface area contributed by atoms with Crippen molar-refractivity contribution in [2.24, 2.45) is 0 Å². The highest BCUT2D eigenvalue weighted by molar-refractivity contribution is 6.02. The number of nitrogens with two attached hydrogens (primary N) is 1. The number of carbonyl (C=O) groups is 1. The largest absolute Gasteiger partial charge is 0.416 e. The first-order chi connectivity index (χ1) is 15.2. The number of carbonyl (C=O) groups excluding carboxylic acids is 1. The molecule has 162 valence electrons. The van der Waals surface area contributed by atoms with Crippen LogP contribution in [0.25, 0.3) is 21.9 Å². The third-order valence-corrected chi connectivity index (χ3v) is 5.25. The molecule has 0 fully saturated rings. The van der Waals surface area contributed by atoms with Crippen molar-refractivity contribution in [2.45, 2.75) is 19.1 Å². The Labute approximate surface area is 182 Å². The number of nitrogens with zero attached hydrogens (tertiary/aromatic N) is 1. The second kappa shape index (κ2) is 8.34. The number of rotatable bonds is 4. The van der Waals surface area contributed by atoms with Crippen LogP contribution in [-0.4, -0.2) is 10.9 Å². The van der Waals surface area contributed by atoms with Crippen LogP contribution < -0.4 is 11.1 Å². The molecule has 0 unspecified atom stereocenters. The normalized spacial score (nSPS) is 12.5. The molecule has 7 heteroatoms. The molecule has 0 saturated carbocycles. The molecular formula is C25H20F3N3O. The summed E-state index contributed by atoms with van der Waals surface area (Å²) in [5, 5.41) is 4.56. The minimum atomic E-state index is -4.38. The average Bonchev–Trinajstić information content (AvgIpc) is 2.77. The lowest BCUT2D eigenvalue weighted by Crippen LogP contribution is -2.27. The van der Waals surface area contributed by atoms with Crippen LogP contribution in [-0.2, 0) is 6.18 Å². The lowest BCUT2D eigenvalue weighted by atomic mass is 9.96. The van der Waals surface area contributed by atoms with E-state index in [1.54, 1.807) is 36.4 Å². The molecule has 3 aromatic carbocycles. The van der Waals surface area contributed by atoms with Crippen LogP contribution in [0.1, 0.15) is 34.6 Å². The number of alkyl halides is 3. The number of benzene rings is 3. The molecule has 1 amide bonds. The predicted molar refractivity (Wildman–Crippen MR) is 119 cm³/mol. The number of anilines is 1. The van der Waals surface area contributed by atoms with E-state index < -0.39 is 11.7 Å². The van der Waals surface area contributed by atoms with E-state index in [1.165, 1.54) is 12.1 Å². The first-order valence-corrected chi connectivity index (χ1v) is 9.96. The highest BCUT2D eigenvalue weighted by Gasteiger charge is 2.30. The van der Waals surface area contributed by atoms with E-state index in [2.05, 4.69) is 10.3 Å². The molecule has 1 heterocycles. The van der Waals surface area contributed by atoms with Gasteiger partial charge in [-0.05, 0) is 65.2 Å². The van der Waals surface area contributed by atoms with E-state index in [4.69, 9.17) is 5.73 Å². The summed E-state index contributed by atoms with van der Waals surface area (Å²) in [5.41, 5.74) is 7.61. The summed E-state index contributed by atoms with van der Waals surface area (Å²) in [6.45, 7) is 1.82. The van der Waals surface area contributed by atoms with Crippen LogP contribution in [0.5, 0.6) is 0 Å². The zero-order valence-electron chi connectivity index (χ0n) is 17.1. The van der Waals surface area contributed by atoms with Crippen molar-refractivity contribution in [1.82, 2.24) is 10.3 Å². The molecule has 3 N–H and O–H groups in total. The average molecular weight is 435 g/mol. The number of halogens is 3. The van der Waals surface area contributed by atoms with Gasteiger partial charge in [-0.2, -0.15) is 13.2 Å². The monoisotopic (exact) mass is 435 g/mol. The van der Waals surface area contributed by atoms with E-state index in [0.717, 1.165) is 28.5 Å². The summed E-state index contributed by atoms with van der Waals surface area (Å²) in [6, 6.07) is 20.8. The molecule has 1 aromatic heterocycles. The van der Waals surface area contributed by atoms with Crippen LogP contribution in [0.2, 0.25) is 0 Å². The van der Waals surface area contributed by atoms with Crippen LogP contribution in [0.15, 0.2) is 78.9 Å². The van der Waals surface area contributed by atoms with E-state index in [-0.39, 0.29) is 11.9 Å². The highest BCUT2D eigenvalue weighted by atomic mass is 19.4. The molecule has 4 rings (SSSR count). The quantitative estimate of drug-likeness (QED) is 0.414. The third kappa shape index (κ3) is 4.42. The lowest BCUT2D eigenvalue weighted by molar-refractivity contribution is -0.137. The summed E-state index contributed by atoms with van der Waals surface area (Å²) >= 11 is 0. The van der Waals surface area contributed by atoms with E-state index >= 15 is 0 Å². The van der Waals surface area contributed by atoms with Gasteiger partial charge in [0.15, 0.2) is 0 Å². The Morgan fingerprint density at radius 2 is 1.69 bits per heavy atom. The number of nitrogens with one attached hydrogen (secondary N) is 1. The predicted octanol–water partition coefficient (Wildman–Crippen LogP) is 5.99. The Hall–Kier alpha value is -3.87. The van der Waals surface area contributed by atoms with Gasteiger partial charge < -0.3 is 11.1 Å². The molecule has 0 bridgehead atoms. The molecule has 0 aliphatic rings. The zero-order chi connectivity index (χ0) is 22.9. The van der Waals surface area contributed by atoms with E-state index in [9.17, 15) is 18.0 Å². The van der Waals surface area contributed by atoms with Gasteiger partial charge in [0, 0.05) is 5.56 Å². The Morgan fingerprint density at radius 1 is 0.969 bits per heavy atom. The van der Waals surface area contributed by atoms with Crippen LogP contribution in [0.3, 0.4) is 0 Å². The first kappa shape index (κ1) is 21.4. The number of fused-ring (bicyclic) bond motifs is 1. The van der Waals surface area contributed by atoms with Crippen molar-refractivity contribution in [3.8, 4) is 11.1 Å². The van der Waals surface area contributed by atoms with Gasteiger partial charge in [-0.15, -0.1) is 0 Å². The topological polar surface area (TPSA) is 68.0 Å². The fourth-order valence-corrected chi connectivity index (χ4v) is 3.58. The van der Waals surface area contributed by atoms with Crippen LogP contribution in [0, 0.1) is 0 Å². The maximum absolute atomic E-state index is 12.9. The van der Waals surface area contributed by atoms with Gasteiger partial charge in [-0.3, -0.25) is 4.79 Å². The standard InChI is InChI=1S/C25H20F3N3O/c1-15(22-6-3-7-23(29)31-22)30-24(32)18-10-13-21-17(14-18)4-2-5-20(21)16-8-11-19(12-9-16)25(26,27)28/h2-15H,1H3,(H2,29,31)(H,30,32)/t15-/m0/s1. The van der Waals surface area contributed by atoms with Crippen molar-refractivity contribution in [2.75, 3.05) is 5.73 Å². The summed E-state index contributed by atoms with van der Waals surface area (Å²) < 4.78 is 38.6. The van der Waals surface area contributed by atoms with Gasteiger partial charge in [0.1, 0.15) is 5.82 Å². The van der Waals surface area contributed by atoms with Gasteiger partial charge in [0.05, 0.1) is 17.3 Å². The molecule has 0 radical (unpaired) electrons. The van der Waals surface area contributed by atoms with Crippen molar-refractivity contribution in [3.63, 3.8) is 0 Å². The summed E-state index contributed by atoms with van der Waals surface area (Å²) in [4.78, 5) is 17.0. The Balaban J connectivity index is 1.61. The summed E-state index contributed by atoms with van der Waals surface area (Å²) in [7, 11) is 0. The third-order valence-electron chi connectivity index (χ3n) is 5.25. The molecular weight excluding hydrogens is 415 g/mol. The summed E-state index contributed by atoms with van der Waals surface area (Å²) in [6.07, 6.45) is -4.38. The van der Waals surface area contributed by atoms with Crippen molar-refractivity contribution < 1.29 is 18.0 Å². The molecule has 0 aliphatic heterocycles. The SMILES string of the molecule is C[C@H](NC(=O)c1ccc2c(-c3ccc(C(F)(F)F)cc3)cccc2c1)c1cccc(N)n1. The Bertz CT molecular complexity index is 1280. The molecule has 1 atom stereocenters. The Morgan fingerprint density at radius 3 is 2.38 bits per heavy atom. The minimum Gasteiger partial charge on any atom is -0.384 e. The van der Waals surface area contributed by atoms with Gasteiger partial charge in [0.25, 0.3) is 5.91 Å².